The molecule has 3 aliphatic rings. The Balaban J connectivity index is 0.715. The normalized spacial score (nSPS) is 15.4. The SMILES string of the molecule is N#CC(C#N)=c1c2ccccc2n2c(=O)c3cc(N4CCC(C(=O)OCCOC(=O)C5CCN(c6ccc7nc8n(c(=O)c7c6)-c6ccccc6C8=O)CC5)CC4)ccc3nc12. The second-order valence-electron chi connectivity index (χ2n) is 15.7. The van der Waals surface area contributed by atoms with Gasteiger partial charge in [0.15, 0.2) is 11.5 Å². The molecule has 0 aliphatic carbocycles. The van der Waals surface area contributed by atoms with E-state index in [1.165, 1.54) is 8.97 Å². The van der Waals surface area contributed by atoms with Crippen molar-refractivity contribution in [3.05, 3.63) is 122 Å². The van der Waals surface area contributed by atoms with Crippen LogP contribution in [0.1, 0.15) is 41.9 Å². The average Bonchev–Trinajstić information content (AvgIpc) is 3.79. The summed E-state index contributed by atoms with van der Waals surface area (Å²) in [6.45, 7) is 2.20. The quantitative estimate of drug-likeness (QED) is 0.163. The molecule has 3 aliphatic heterocycles. The Hall–Kier alpha value is -7.91. The average molecular weight is 825 g/mol. The number of nitrogens with zero attached hydrogens (tertiary/aromatic N) is 8. The summed E-state index contributed by atoms with van der Waals surface area (Å²) in [6.07, 6.45) is 2.20. The van der Waals surface area contributed by atoms with Gasteiger partial charge in [-0.2, -0.15) is 10.5 Å². The monoisotopic (exact) mass is 824 g/mol. The van der Waals surface area contributed by atoms with Gasteiger partial charge in [0.05, 0.1) is 55.6 Å². The minimum Gasteiger partial charge on any atom is -0.462 e. The van der Waals surface area contributed by atoms with Crippen molar-refractivity contribution in [2.45, 2.75) is 25.7 Å². The lowest BCUT2D eigenvalue weighted by Crippen LogP contribution is -2.38. The van der Waals surface area contributed by atoms with Gasteiger partial charge in [-0.05, 0) is 80.3 Å². The molecule has 6 heterocycles. The van der Waals surface area contributed by atoms with Gasteiger partial charge in [0.2, 0.25) is 5.78 Å². The number of benzene rings is 4. The van der Waals surface area contributed by atoms with Crippen LogP contribution in [0, 0.1) is 34.5 Å². The molecule has 2 saturated heterocycles. The van der Waals surface area contributed by atoms with Crippen LogP contribution in [0.3, 0.4) is 0 Å². The number of aromatic nitrogens is 4. The van der Waals surface area contributed by atoms with Crippen LogP contribution >= 0.6 is 0 Å². The number of piperidine rings is 2. The molecule has 0 saturated carbocycles. The van der Waals surface area contributed by atoms with Gasteiger partial charge < -0.3 is 19.3 Å². The van der Waals surface area contributed by atoms with Crippen LogP contribution in [-0.4, -0.2) is 76.1 Å². The number of anilines is 2. The van der Waals surface area contributed by atoms with Crippen molar-refractivity contribution in [1.29, 1.82) is 10.5 Å². The van der Waals surface area contributed by atoms with E-state index in [9.17, 15) is 34.5 Å². The number of carbonyl (C=O) groups excluding carboxylic acids is 3. The molecule has 62 heavy (non-hydrogen) atoms. The van der Waals surface area contributed by atoms with Crippen LogP contribution in [0.25, 0.3) is 49.6 Å². The molecule has 15 nitrogen and oxygen atoms in total. The number of rotatable bonds is 7. The van der Waals surface area contributed by atoms with Crippen molar-refractivity contribution in [2.24, 2.45) is 11.8 Å². The first kappa shape index (κ1) is 38.3. The third-order valence-electron chi connectivity index (χ3n) is 12.4. The Kier molecular flexibility index (Phi) is 9.44. The summed E-state index contributed by atoms with van der Waals surface area (Å²) in [6, 6.07) is 28.9. The Morgan fingerprint density at radius 3 is 1.82 bits per heavy atom. The summed E-state index contributed by atoms with van der Waals surface area (Å²) >= 11 is 0. The third-order valence-corrected chi connectivity index (χ3v) is 12.4. The number of carbonyl (C=O) groups is 3. The summed E-state index contributed by atoms with van der Waals surface area (Å²) in [7, 11) is 0. The first-order valence-corrected chi connectivity index (χ1v) is 20.5. The zero-order valence-electron chi connectivity index (χ0n) is 33.2. The minimum atomic E-state index is -0.340. The lowest BCUT2D eigenvalue weighted by Gasteiger charge is -2.33. The zero-order chi connectivity index (χ0) is 42.6. The third kappa shape index (κ3) is 6.28. The van der Waals surface area contributed by atoms with E-state index in [1.807, 2.05) is 24.3 Å². The maximum absolute atomic E-state index is 13.9. The molecule has 0 N–H and O–H groups in total. The first-order chi connectivity index (χ1) is 30.2. The molecule has 0 spiro atoms. The number of para-hydroxylation sites is 2. The zero-order valence-corrected chi connectivity index (χ0v) is 33.2. The highest BCUT2D eigenvalue weighted by Crippen LogP contribution is 2.30. The van der Waals surface area contributed by atoms with Gasteiger partial charge in [-0.1, -0.05) is 30.3 Å². The van der Waals surface area contributed by atoms with E-state index >= 15 is 0 Å². The van der Waals surface area contributed by atoms with E-state index in [0.29, 0.717) is 101 Å². The van der Waals surface area contributed by atoms with Gasteiger partial charge in [-0.15, -0.1) is 0 Å². The molecule has 0 unspecified atom stereocenters. The van der Waals surface area contributed by atoms with Crippen molar-refractivity contribution < 1.29 is 23.9 Å². The molecule has 0 bridgehead atoms. The fourth-order valence-electron chi connectivity index (χ4n) is 9.14. The Labute approximate surface area is 352 Å². The smallest absolute Gasteiger partial charge is 0.309 e. The van der Waals surface area contributed by atoms with Gasteiger partial charge in [-0.3, -0.25) is 32.9 Å². The summed E-state index contributed by atoms with van der Waals surface area (Å²) in [5.74, 6) is -1.46. The van der Waals surface area contributed by atoms with Crippen molar-refractivity contribution in [3.8, 4) is 17.8 Å². The summed E-state index contributed by atoms with van der Waals surface area (Å²) in [5, 5.41) is 21.1. The van der Waals surface area contributed by atoms with Crippen LogP contribution in [0.5, 0.6) is 0 Å². The summed E-state index contributed by atoms with van der Waals surface area (Å²) < 4.78 is 13.9. The summed E-state index contributed by atoms with van der Waals surface area (Å²) in [4.78, 5) is 79.9. The predicted octanol–water partition coefficient (Wildman–Crippen LogP) is 4.38. The van der Waals surface area contributed by atoms with Crippen LogP contribution in [0.15, 0.2) is 94.5 Å². The lowest BCUT2D eigenvalue weighted by atomic mass is 9.96. The van der Waals surface area contributed by atoms with Crippen LogP contribution in [-0.2, 0) is 19.1 Å². The van der Waals surface area contributed by atoms with Gasteiger partial charge in [0.1, 0.15) is 30.9 Å². The van der Waals surface area contributed by atoms with Crippen molar-refractivity contribution in [2.75, 3.05) is 49.2 Å². The predicted molar refractivity (Wildman–Crippen MR) is 229 cm³/mol. The maximum Gasteiger partial charge on any atom is 0.309 e. The second-order valence-corrected chi connectivity index (χ2v) is 15.7. The molecule has 15 heteroatoms. The molecular formula is C47H36N8O7. The number of hydrogen-bond acceptors (Lipinski definition) is 13. The standard InChI is InChI=1S/C47H36N8O7/c48-25-29(26-49)40-32-5-1-3-7-38(32)54-42(40)50-36-11-9-30(23-34(36)44(54)57)52-17-13-27(14-18-52)46(59)61-21-22-62-47(60)28-15-19-53(20-16-28)31-10-12-37-35(24-31)45(58)55-39-8-4-2-6-33(39)41(56)43(55)51-37/h1-12,23-24,27-28H,13-22H2. The van der Waals surface area contributed by atoms with Gasteiger partial charge in [0.25, 0.3) is 11.1 Å². The molecule has 3 aromatic heterocycles. The maximum atomic E-state index is 13.9. The lowest BCUT2D eigenvalue weighted by molar-refractivity contribution is -0.158. The largest absolute Gasteiger partial charge is 0.462 e. The number of ketones is 1. The van der Waals surface area contributed by atoms with Gasteiger partial charge >= 0.3 is 11.9 Å². The fourth-order valence-corrected chi connectivity index (χ4v) is 9.14. The number of hydrogen-bond donors (Lipinski definition) is 0. The molecule has 7 aromatic rings. The number of ether oxygens (including phenoxy) is 2. The molecule has 0 atom stereocenters. The highest BCUT2D eigenvalue weighted by molar-refractivity contribution is 6.13. The van der Waals surface area contributed by atoms with E-state index < -0.39 is 0 Å². The van der Waals surface area contributed by atoms with Crippen LogP contribution in [0.4, 0.5) is 11.4 Å². The van der Waals surface area contributed by atoms with Crippen LogP contribution < -0.4 is 26.1 Å². The summed E-state index contributed by atoms with van der Waals surface area (Å²) in [5.41, 5.74) is 3.65. The Morgan fingerprint density at radius 2 is 1.21 bits per heavy atom. The molecular weight excluding hydrogens is 789 g/mol. The fraction of sp³-hybridized carbons (Fsp3) is 0.255. The van der Waals surface area contributed by atoms with Crippen molar-refractivity contribution >= 4 is 73.0 Å². The first-order valence-electron chi connectivity index (χ1n) is 20.5. The van der Waals surface area contributed by atoms with Gasteiger partial charge in [0, 0.05) is 42.9 Å². The molecule has 4 aromatic carbocycles. The van der Waals surface area contributed by atoms with E-state index in [1.54, 1.807) is 72.8 Å². The highest BCUT2D eigenvalue weighted by Gasteiger charge is 2.32. The number of nitriles is 2. The molecule has 306 valence electrons. The molecule has 2 fully saturated rings. The van der Waals surface area contributed by atoms with Crippen molar-refractivity contribution in [3.63, 3.8) is 0 Å². The molecule has 10 rings (SSSR count). The van der Waals surface area contributed by atoms with Gasteiger partial charge in [-0.25, -0.2) is 9.97 Å². The van der Waals surface area contributed by atoms with Crippen molar-refractivity contribution in [1.82, 2.24) is 18.9 Å². The Morgan fingerprint density at radius 1 is 0.661 bits per heavy atom. The minimum absolute atomic E-state index is 0.0400. The Bertz CT molecular complexity index is 3310. The molecule has 0 amide bonds. The van der Waals surface area contributed by atoms with E-state index in [0.717, 1.165) is 11.4 Å². The van der Waals surface area contributed by atoms with Crippen LogP contribution in [0.2, 0.25) is 0 Å². The topological polar surface area (TPSA) is 193 Å². The second kappa shape index (κ2) is 15.3. The number of fused-ring (bicyclic) bond motifs is 8. The van der Waals surface area contributed by atoms with E-state index in [4.69, 9.17) is 14.5 Å². The molecule has 0 radical (unpaired) electrons. The highest BCUT2D eigenvalue weighted by atomic mass is 16.6. The van der Waals surface area contributed by atoms with E-state index in [-0.39, 0.29) is 70.9 Å². The van der Waals surface area contributed by atoms with E-state index in [2.05, 4.69) is 14.8 Å². The number of esters is 2.